The fourth-order valence-corrected chi connectivity index (χ4v) is 0.227. The van der Waals surface area contributed by atoms with E-state index in [1.807, 2.05) is 6.92 Å². The van der Waals surface area contributed by atoms with E-state index in [-0.39, 0.29) is 0 Å². The minimum absolute atomic E-state index is 0.340. The van der Waals surface area contributed by atoms with Gasteiger partial charge in [-0.2, -0.15) is 0 Å². The number of ether oxygens (including phenoxy) is 1. The molecule has 0 aromatic heterocycles. The molecule has 0 aliphatic carbocycles. The van der Waals surface area contributed by atoms with E-state index in [9.17, 15) is 4.79 Å². The number of rotatable bonds is 3. The average Bonchev–Trinajstić information content (AvgIpc) is 2.14. The number of unbranched alkanes of at least 4 members (excludes halogenated alkanes) is 1. The minimum atomic E-state index is -0.799. The van der Waals surface area contributed by atoms with E-state index in [0.717, 1.165) is 6.42 Å². The van der Waals surface area contributed by atoms with Crippen molar-refractivity contribution >= 4 is 6.09 Å². The summed E-state index contributed by atoms with van der Waals surface area (Å²) in [5.41, 5.74) is 1.34. The lowest BCUT2D eigenvalue weighted by Crippen LogP contribution is -2.19. The highest BCUT2D eigenvalue weighted by Gasteiger charge is 1.93. The molecule has 0 fully saturated rings. The van der Waals surface area contributed by atoms with Gasteiger partial charge in [-0.25, -0.2) is 10.3 Å². The normalized spacial score (nSPS) is 8.00. The van der Waals surface area contributed by atoms with E-state index < -0.39 is 6.09 Å². The fraction of sp³-hybridized carbons (Fsp3) is 0.875. The molecule has 12 heavy (non-hydrogen) atoms. The summed E-state index contributed by atoms with van der Waals surface area (Å²) in [6.07, 6.45) is 2.60. The Kier molecular flexibility index (Phi) is 14.8. The highest BCUT2D eigenvalue weighted by atomic mass is 16.6. The monoisotopic (exact) mass is 177 g/mol. The van der Waals surface area contributed by atoms with Gasteiger partial charge in [-0.05, 0) is 6.42 Å². The molecule has 4 nitrogen and oxygen atoms in total. The van der Waals surface area contributed by atoms with Crippen LogP contribution in [0.15, 0.2) is 0 Å². The lowest BCUT2D eigenvalue weighted by molar-refractivity contribution is 0.0892. The zero-order chi connectivity index (χ0) is 9.82. The lowest BCUT2D eigenvalue weighted by Gasteiger charge is -1.97. The second-order valence-corrected chi connectivity index (χ2v) is 2.25. The van der Waals surface area contributed by atoms with Gasteiger partial charge in [0.2, 0.25) is 0 Å². The zero-order valence-corrected chi connectivity index (χ0v) is 8.09. The van der Waals surface area contributed by atoms with Crippen LogP contribution in [0.5, 0.6) is 0 Å². The van der Waals surface area contributed by atoms with E-state index in [0.29, 0.717) is 6.61 Å². The Labute approximate surface area is 73.9 Å². The predicted octanol–water partition coefficient (Wildman–Crippen LogP) is 2.32. The molecule has 0 heterocycles. The SMILES string of the molecule is CCCC.CCCOC(=O)NO. The van der Waals surface area contributed by atoms with E-state index in [1.165, 1.54) is 18.3 Å². The van der Waals surface area contributed by atoms with E-state index in [1.54, 1.807) is 0 Å². The Morgan fingerprint density at radius 3 is 2.00 bits per heavy atom. The third-order valence-corrected chi connectivity index (χ3v) is 1.03. The van der Waals surface area contributed by atoms with Crippen LogP contribution in [0.25, 0.3) is 0 Å². The number of carbonyl (C=O) groups excluding carboxylic acids is 1. The van der Waals surface area contributed by atoms with Crippen LogP contribution < -0.4 is 5.48 Å². The maximum Gasteiger partial charge on any atom is 0.431 e. The van der Waals surface area contributed by atoms with Gasteiger partial charge in [-0.15, -0.1) is 0 Å². The van der Waals surface area contributed by atoms with Gasteiger partial charge in [0.1, 0.15) is 0 Å². The van der Waals surface area contributed by atoms with Crippen LogP contribution in [0.1, 0.15) is 40.0 Å². The summed E-state index contributed by atoms with van der Waals surface area (Å²) in [5.74, 6) is 0. The van der Waals surface area contributed by atoms with Crippen LogP contribution >= 0.6 is 0 Å². The minimum Gasteiger partial charge on any atom is -0.448 e. The molecule has 0 unspecified atom stereocenters. The maximum atomic E-state index is 9.99. The second-order valence-electron chi connectivity index (χ2n) is 2.25. The highest BCUT2D eigenvalue weighted by Crippen LogP contribution is 1.78. The Morgan fingerprint density at radius 1 is 1.25 bits per heavy atom. The van der Waals surface area contributed by atoms with Gasteiger partial charge in [-0.1, -0.05) is 33.6 Å². The molecule has 0 aromatic rings. The maximum absolute atomic E-state index is 9.99. The van der Waals surface area contributed by atoms with Crippen molar-refractivity contribution in [3.05, 3.63) is 0 Å². The highest BCUT2D eigenvalue weighted by molar-refractivity contribution is 5.65. The van der Waals surface area contributed by atoms with Gasteiger partial charge in [-0.3, -0.25) is 5.21 Å². The number of hydrogen-bond donors (Lipinski definition) is 2. The molecule has 0 rings (SSSR count). The zero-order valence-electron chi connectivity index (χ0n) is 8.09. The van der Waals surface area contributed by atoms with Crippen LogP contribution in [0, 0.1) is 0 Å². The van der Waals surface area contributed by atoms with Gasteiger partial charge in [0.15, 0.2) is 0 Å². The number of hydroxylamine groups is 1. The Hall–Kier alpha value is -0.770. The van der Waals surface area contributed by atoms with E-state index >= 15 is 0 Å². The predicted molar refractivity (Wildman–Crippen MR) is 47.1 cm³/mol. The summed E-state index contributed by atoms with van der Waals surface area (Å²) in [4.78, 5) is 9.99. The molecule has 4 heteroatoms. The third-order valence-electron chi connectivity index (χ3n) is 1.03. The molecule has 74 valence electrons. The van der Waals surface area contributed by atoms with Crippen molar-refractivity contribution in [1.29, 1.82) is 0 Å². The van der Waals surface area contributed by atoms with Crippen molar-refractivity contribution in [1.82, 2.24) is 5.48 Å². The first kappa shape index (κ1) is 13.8. The van der Waals surface area contributed by atoms with Crippen molar-refractivity contribution < 1.29 is 14.7 Å². The smallest absolute Gasteiger partial charge is 0.431 e. The molecule has 1 amide bonds. The van der Waals surface area contributed by atoms with Gasteiger partial charge >= 0.3 is 6.09 Å². The first-order valence-corrected chi connectivity index (χ1v) is 4.29. The molecule has 0 spiro atoms. The standard InChI is InChI=1S/C4H9NO3.C4H10/c1-2-3-8-4(6)5-7;1-3-4-2/h7H,2-3H2,1H3,(H,5,6);3-4H2,1-2H3. The molecule has 0 atom stereocenters. The number of carbonyl (C=O) groups is 1. The van der Waals surface area contributed by atoms with Crippen molar-refractivity contribution in [2.24, 2.45) is 0 Å². The topological polar surface area (TPSA) is 58.6 Å². The molecule has 0 saturated carbocycles. The number of hydrogen-bond acceptors (Lipinski definition) is 3. The lowest BCUT2D eigenvalue weighted by atomic mass is 10.4. The van der Waals surface area contributed by atoms with Crippen LogP contribution in [0.3, 0.4) is 0 Å². The Morgan fingerprint density at radius 2 is 1.75 bits per heavy atom. The summed E-state index contributed by atoms with van der Waals surface area (Å²) in [6, 6.07) is 0. The molecule has 0 saturated heterocycles. The molecule has 0 aliphatic heterocycles. The van der Waals surface area contributed by atoms with Crippen LogP contribution in [0.2, 0.25) is 0 Å². The molecule has 0 aromatic carbocycles. The van der Waals surface area contributed by atoms with Crippen molar-refractivity contribution in [3.63, 3.8) is 0 Å². The summed E-state index contributed by atoms with van der Waals surface area (Å²) < 4.78 is 4.34. The Balaban J connectivity index is 0. The summed E-state index contributed by atoms with van der Waals surface area (Å²) >= 11 is 0. The second kappa shape index (κ2) is 12.9. The fourth-order valence-electron chi connectivity index (χ4n) is 0.227. The van der Waals surface area contributed by atoms with E-state index in [2.05, 4.69) is 18.6 Å². The van der Waals surface area contributed by atoms with Gasteiger partial charge in [0.25, 0.3) is 0 Å². The van der Waals surface area contributed by atoms with Crippen LogP contribution in [-0.4, -0.2) is 17.9 Å². The molecule has 2 N–H and O–H groups in total. The third kappa shape index (κ3) is 16.1. The largest absolute Gasteiger partial charge is 0.448 e. The molecule has 0 radical (unpaired) electrons. The van der Waals surface area contributed by atoms with Gasteiger partial charge < -0.3 is 4.74 Å². The van der Waals surface area contributed by atoms with E-state index in [4.69, 9.17) is 5.21 Å². The van der Waals surface area contributed by atoms with Gasteiger partial charge in [0, 0.05) is 0 Å². The summed E-state index contributed by atoms with van der Waals surface area (Å²) in [6.45, 7) is 6.57. The van der Waals surface area contributed by atoms with Crippen LogP contribution in [0.4, 0.5) is 4.79 Å². The first-order chi connectivity index (χ1) is 5.72. The van der Waals surface area contributed by atoms with Crippen molar-refractivity contribution in [3.8, 4) is 0 Å². The molecular formula is C8H19NO3. The van der Waals surface area contributed by atoms with Crippen molar-refractivity contribution in [2.45, 2.75) is 40.0 Å². The average molecular weight is 177 g/mol. The molecule has 0 bridgehead atoms. The number of nitrogens with one attached hydrogen (secondary N) is 1. The quantitative estimate of drug-likeness (QED) is 0.513. The molecular weight excluding hydrogens is 158 g/mol. The first-order valence-electron chi connectivity index (χ1n) is 4.29. The van der Waals surface area contributed by atoms with Crippen molar-refractivity contribution in [2.75, 3.05) is 6.61 Å². The van der Waals surface area contributed by atoms with Gasteiger partial charge in [0.05, 0.1) is 6.61 Å². The Bertz CT molecular complexity index is 94.3. The number of amides is 1. The molecule has 0 aliphatic rings. The van der Waals surface area contributed by atoms with Crippen LogP contribution in [-0.2, 0) is 4.74 Å². The summed E-state index contributed by atoms with van der Waals surface area (Å²) in [5, 5.41) is 7.84. The summed E-state index contributed by atoms with van der Waals surface area (Å²) in [7, 11) is 0.